The number of alkyl halides is 1. The van der Waals surface area contributed by atoms with Crippen molar-refractivity contribution < 1.29 is 0 Å². The van der Waals surface area contributed by atoms with E-state index >= 15 is 0 Å². The molecule has 2 nitrogen and oxygen atoms in total. The van der Waals surface area contributed by atoms with E-state index < -0.39 is 0 Å². The van der Waals surface area contributed by atoms with Crippen molar-refractivity contribution in [2.45, 2.75) is 38.0 Å². The molecule has 1 N–H and O–H groups in total. The number of hydrogen-bond donors (Lipinski definition) is 1. The SMILES string of the molecule is Cc1nc(NCC2CCCCC2Cl)ccc1Br. The zero-order valence-electron chi connectivity index (χ0n) is 10.0. The van der Waals surface area contributed by atoms with Crippen LogP contribution in [-0.2, 0) is 0 Å². The van der Waals surface area contributed by atoms with Gasteiger partial charge in [0.05, 0.1) is 5.69 Å². The molecule has 0 aliphatic heterocycles. The van der Waals surface area contributed by atoms with Crippen molar-refractivity contribution in [2.75, 3.05) is 11.9 Å². The molecular formula is C13H18BrClN2. The summed E-state index contributed by atoms with van der Waals surface area (Å²) in [5, 5.41) is 3.72. The Hall–Kier alpha value is -0.280. The Morgan fingerprint density at radius 1 is 1.41 bits per heavy atom. The lowest BCUT2D eigenvalue weighted by atomic mass is 9.89. The van der Waals surface area contributed by atoms with Gasteiger partial charge in [0.2, 0.25) is 0 Å². The van der Waals surface area contributed by atoms with Crippen LogP contribution in [0.3, 0.4) is 0 Å². The van der Waals surface area contributed by atoms with Gasteiger partial charge < -0.3 is 5.32 Å². The van der Waals surface area contributed by atoms with E-state index in [0.717, 1.165) is 29.0 Å². The lowest BCUT2D eigenvalue weighted by Gasteiger charge is -2.27. The fourth-order valence-corrected chi connectivity index (χ4v) is 2.86. The number of nitrogens with zero attached hydrogens (tertiary/aromatic N) is 1. The maximum absolute atomic E-state index is 6.34. The summed E-state index contributed by atoms with van der Waals surface area (Å²) in [6, 6.07) is 4.03. The lowest BCUT2D eigenvalue weighted by molar-refractivity contribution is 0.380. The summed E-state index contributed by atoms with van der Waals surface area (Å²) < 4.78 is 1.05. The summed E-state index contributed by atoms with van der Waals surface area (Å²) in [6.07, 6.45) is 4.97. The summed E-state index contributed by atoms with van der Waals surface area (Å²) in [5.41, 5.74) is 1.01. The predicted molar refractivity (Wildman–Crippen MR) is 76.8 cm³/mol. The van der Waals surface area contributed by atoms with Gasteiger partial charge in [-0.05, 0) is 53.7 Å². The van der Waals surface area contributed by atoms with Crippen molar-refractivity contribution >= 4 is 33.3 Å². The van der Waals surface area contributed by atoms with Gasteiger partial charge in [-0.1, -0.05) is 12.8 Å². The van der Waals surface area contributed by atoms with E-state index in [9.17, 15) is 0 Å². The van der Waals surface area contributed by atoms with Crippen molar-refractivity contribution in [3.05, 3.63) is 22.3 Å². The fourth-order valence-electron chi connectivity index (χ4n) is 2.27. The standard InChI is InChI=1S/C13H18BrClN2/c1-9-11(14)6-7-13(17-9)16-8-10-4-2-3-5-12(10)15/h6-7,10,12H,2-5,8H2,1H3,(H,16,17). The Balaban J connectivity index is 1.90. The minimum absolute atomic E-state index is 0.327. The van der Waals surface area contributed by atoms with E-state index in [1.165, 1.54) is 19.3 Å². The van der Waals surface area contributed by atoms with Crippen molar-refractivity contribution in [1.82, 2.24) is 4.98 Å². The van der Waals surface area contributed by atoms with E-state index in [-0.39, 0.29) is 0 Å². The maximum atomic E-state index is 6.34. The molecule has 1 aromatic rings. The first-order chi connectivity index (χ1) is 8.16. The summed E-state index contributed by atoms with van der Waals surface area (Å²) in [7, 11) is 0. The number of aryl methyl sites for hydroxylation is 1. The summed E-state index contributed by atoms with van der Waals surface area (Å²) in [5.74, 6) is 1.52. The molecule has 0 spiro atoms. The van der Waals surface area contributed by atoms with Crippen LogP contribution >= 0.6 is 27.5 Å². The third kappa shape index (κ3) is 3.59. The zero-order chi connectivity index (χ0) is 12.3. The molecule has 94 valence electrons. The van der Waals surface area contributed by atoms with Gasteiger partial charge in [-0.15, -0.1) is 11.6 Å². The van der Waals surface area contributed by atoms with Crippen LogP contribution in [-0.4, -0.2) is 16.9 Å². The molecule has 1 fully saturated rings. The highest BCUT2D eigenvalue weighted by Crippen LogP contribution is 2.28. The van der Waals surface area contributed by atoms with Gasteiger partial charge >= 0.3 is 0 Å². The van der Waals surface area contributed by atoms with E-state index in [1.54, 1.807) is 0 Å². The molecule has 0 bridgehead atoms. The topological polar surface area (TPSA) is 24.9 Å². The second-order valence-corrected chi connectivity index (χ2v) is 6.12. The molecule has 2 rings (SSSR count). The number of rotatable bonds is 3. The first-order valence-corrected chi connectivity index (χ1v) is 7.41. The maximum Gasteiger partial charge on any atom is 0.126 e. The Labute approximate surface area is 116 Å². The summed E-state index contributed by atoms with van der Waals surface area (Å²) in [6.45, 7) is 2.93. The van der Waals surface area contributed by atoms with Crippen molar-refractivity contribution in [3.8, 4) is 0 Å². The Kier molecular flexibility index (Phi) is 4.69. The number of pyridine rings is 1. The van der Waals surface area contributed by atoms with Crippen molar-refractivity contribution in [1.29, 1.82) is 0 Å². The third-order valence-corrected chi connectivity index (χ3v) is 4.80. The monoisotopic (exact) mass is 316 g/mol. The van der Waals surface area contributed by atoms with E-state index in [4.69, 9.17) is 11.6 Å². The Morgan fingerprint density at radius 3 is 2.88 bits per heavy atom. The molecule has 0 amide bonds. The number of hydrogen-bond acceptors (Lipinski definition) is 2. The van der Waals surface area contributed by atoms with Crippen LogP contribution in [0.15, 0.2) is 16.6 Å². The summed E-state index contributed by atoms with van der Waals surface area (Å²) >= 11 is 9.79. The van der Waals surface area contributed by atoms with Gasteiger partial charge in [0.25, 0.3) is 0 Å². The lowest BCUT2D eigenvalue weighted by Crippen LogP contribution is -2.27. The van der Waals surface area contributed by atoms with Gasteiger partial charge in [0.15, 0.2) is 0 Å². The van der Waals surface area contributed by atoms with E-state index in [1.807, 2.05) is 19.1 Å². The Morgan fingerprint density at radius 2 is 2.18 bits per heavy atom. The van der Waals surface area contributed by atoms with E-state index in [2.05, 4.69) is 26.2 Å². The van der Waals surface area contributed by atoms with Crippen LogP contribution in [0.5, 0.6) is 0 Å². The molecule has 1 aromatic heterocycles. The average Bonchev–Trinajstić information content (AvgIpc) is 2.32. The molecule has 0 radical (unpaired) electrons. The minimum Gasteiger partial charge on any atom is -0.370 e. The molecule has 2 atom stereocenters. The van der Waals surface area contributed by atoms with Crippen molar-refractivity contribution in [2.24, 2.45) is 5.92 Å². The molecule has 2 unspecified atom stereocenters. The number of halogens is 2. The highest BCUT2D eigenvalue weighted by Gasteiger charge is 2.22. The van der Waals surface area contributed by atoms with Crippen LogP contribution in [0.1, 0.15) is 31.4 Å². The van der Waals surface area contributed by atoms with Crippen LogP contribution in [0.4, 0.5) is 5.82 Å². The van der Waals surface area contributed by atoms with Gasteiger partial charge in [0, 0.05) is 16.4 Å². The van der Waals surface area contributed by atoms with Gasteiger partial charge in [0.1, 0.15) is 5.82 Å². The first-order valence-electron chi connectivity index (χ1n) is 6.18. The molecule has 1 aliphatic rings. The van der Waals surface area contributed by atoms with Crippen LogP contribution in [0.25, 0.3) is 0 Å². The first kappa shape index (κ1) is 13.2. The average molecular weight is 318 g/mol. The highest BCUT2D eigenvalue weighted by molar-refractivity contribution is 9.10. The third-order valence-electron chi connectivity index (χ3n) is 3.38. The predicted octanol–water partition coefficient (Wildman–Crippen LogP) is 4.36. The highest BCUT2D eigenvalue weighted by atomic mass is 79.9. The van der Waals surface area contributed by atoms with Crippen molar-refractivity contribution in [3.63, 3.8) is 0 Å². The summed E-state index contributed by atoms with van der Waals surface area (Å²) in [4.78, 5) is 4.48. The molecule has 17 heavy (non-hydrogen) atoms. The van der Waals surface area contributed by atoms with Crippen LogP contribution in [0, 0.1) is 12.8 Å². The molecule has 1 aliphatic carbocycles. The number of aromatic nitrogens is 1. The zero-order valence-corrected chi connectivity index (χ0v) is 12.4. The molecule has 4 heteroatoms. The van der Waals surface area contributed by atoms with Gasteiger partial charge in [-0.3, -0.25) is 0 Å². The molecule has 0 aromatic carbocycles. The van der Waals surface area contributed by atoms with Crippen LogP contribution in [0.2, 0.25) is 0 Å². The smallest absolute Gasteiger partial charge is 0.126 e. The molecule has 1 saturated carbocycles. The fraction of sp³-hybridized carbons (Fsp3) is 0.615. The van der Waals surface area contributed by atoms with Gasteiger partial charge in [-0.25, -0.2) is 4.98 Å². The normalized spacial score (nSPS) is 24.6. The minimum atomic E-state index is 0.327. The quantitative estimate of drug-likeness (QED) is 0.838. The number of anilines is 1. The van der Waals surface area contributed by atoms with Crippen LogP contribution < -0.4 is 5.32 Å². The number of nitrogens with one attached hydrogen (secondary N) is 1. The van der Waals surface area contributed by atoms with E-state index in [0.29, 0.717) is 11.3 Å². The molecule has 1 heterocycles. The molecule has 0 saturated heterocycles. The second kappa shape index (κ2) is 6.05. The second-order valence-electron chi connectivity index (χ2n) is 4.71. The van der Waals surface area contributed by atoms with Gasteiger partial charge in [-0.2, -0.15) is 0 Å². The Bertz CT molecular complexity index is 384. The largest absolute Gasteiger partial charge is 0.370 e. The molecular weight excluding hydrogens is 300 g/mol.